The molecule has 16 N–H and O–H groups in total. The number of primary amides is 1. The van der Waals surface area contributed by atoms with Gasteiger partial charge >= 0.3 is 0 Å². The summed E-state index contributed by atoms with van der Waals surface area (Å²) < 4.78 is 0. The second-order valence-electron chi connectivity index (χ2n) is 23.8. The molecule has 1 rings (SSSR count). The smallest absolute Gasteiger partial charge is 0.224 e. The SMILES string of the molecule is CCCC[C@@H](CC(=O)[C@@H](CCCC)NC(=O)[C@@H](CCCC)CC(=O)[C@@H](CCCN=C(N)N)NC(=O)[C@@H](CCCC)CC(=O)[C@@H](CCCC)NC(=O)[C@@H](CCCC)CC(=O)[C@H](N)CCCCC(=N)N)C(=O)NCC(=O)C[C@H](Cc1ccc(O)cc1)C(N)=O. The third-order valence-electron chi connectivity index (χ3n) is 16.0. The topological polar surface area (TPSA) is 405 Å². The number of phenolic OH excluding ortho intramolecular Hbond substituents is 1. The Balaban J connectivity index is 3.44. The maximum Gasteiger partial charge on any atom is 0.224 e. The number of amidine groups is 1. The predicted octanol–water partition coefficient (Wildman–Crippen LogP) is 6.89. The van der Waals surface area contributed by atoms with E-state index in [1.54, 1.807) is 12.1 Å². The minimum atomic E-state index is -1.11. The number of phenols is 1. The number of guanidine groups is 1. The third kappa shape index (κ3) is 33.9. The number of aromatic hydroxyl groups is 1. The normalized spacial score (nSPS) is 14.3. The zero-order chi connectivity index (χ0) is 65.3. The summed E-state index contributed by atoms with van der Waals surface area (Å²) in [6, 6.07) is 2.35. The van der Waals surface area contributed by atoms with Crippen LogP contribution in [-0.4, -0.2) is 113 Å². The van der Waals surface area contributed by atoms with E-state index in [0.29, 0.717) is 121 Å². The number of nitrogens with one attached hydrogen (secondary N) is 5. The minimum Gasteiger partial charge on any atom is -0.508 e. The maximum atomic E-state index is 14.6. The molecule has 22 heteroatoms. The summed E-state index contributed by atoms with van der Waals surface area (Å²) in [5.74, 6) is -8.78. The van der Waals surface area contributed by atoms with Gasteiger partial charge in [-0.05, 0) is 88.3 Å². The Morgan fingerprint density at radius 1 is 0.471 bits per heavy atom. The monoisotopic (exact) mass is 1220 g/mol. The van der Waals surface area contributed by atoms with Crippen LogP contribution >= 0.6 is 0 Å². The average molecular weight is 1220 g/mol. The molecule has 0 spiro atoms. The van der Waals surface area contributed by atoms with E-state index in [0.717, 1.165) is 19.3 Å². The quantitative estimate of drug-likeness (QED) is 0.0180. The van der Waals surface area contributed by atoms with Gasteiger partial charge in [0.25, 0.3) is 0 Å². The molecule has 1 aromatic rings. The van der Waals surface area contributed by atoms with Crippen molar-refractivity contribution in [3.05, 3.63) is 29.8 Å². The summed E-state index contributed by atoms with van der Waals surface area (Å²) in [4.78, 5) is 143. The molecule has 0 fully saturated rings. The molecule has 0 saturated heterocycles. The van der Waals surface area contributed by atoms with Crippen molar-refractivity contribution in [2.24, 2.45) is 63.3 Å². The summed E-state index contributed by atoms with van der Waals surface area (Å²) in [6.45, 7) is 11.5. The summed E-state index contributed by atoms with van der Waals surface area (Å²) in [5, 5.41) is 28.6. The minimum absolute atomic E-state index is 0.0471. The highest BCUT2D eigenvalue weighted by Gasteiger charge is 2.35. The Morgan fingerprint density at radius 2 is 0.851 bits per heavy atom. The number of benzene rings is 1. The summed E-state index contributed by atoms with van der Waals surface area (Å²) in [7, 11) is 0. The van der Waals surface area contributed by atoms with Crippen LogP contribution in [0.3, 0.4) is 0 Å². The van der Waals surface area contributed by atoms with E-state index < -0.39 is 94.9 Å². The number of rotatable bonds is 53. The summed E-state index contributed by atoms with van der Waals surface area (Å²) in [5.41, 5.74) is 29.3. The van der Waals surface area contributed by atoms with Crippen LogP contribution in [0.4, 0.5) is 0 Å². The number of ketones is 5. The maximum absolute atomic E-state index is 14.6. The molecule has 87 heavy (non-hydrogen) atoms. The van der Waals surface area contributed by atoms with E-state index in [1.807, 2.05) is 41.5 Å². The molecule has 22 nitrogen and oxygen atoms in total. The first-order valence-corrected chi connectivity index (χ1v) is 32.5. The van der Waals surface area contributed by atoms with Crippen molar-refractivity contribution in [2.45, 2.75) is 258 Å². The Morgan fingerprint density at radius 3 is 1.23 bits per heavy atom. The lowest BCUT2D eigenvalue weighted by Crippen LogP contribution is -2.48. The molecule has 1 aromatic carbocycles. The van der Waals surface area contributed by atoms with E-state index in [1.165, 1.54) is 12.1 Å². The first-order chi connectivity index (χ1) is 41.4. The Hall–Kier alpha value is -6.58. The first kappa shape index (κ1) is 78.4. The molecule has 0 unspecified atom stereocenters. The molecule has 5 amide bonds. The standard InChI is InChI=1S/C65H111N11O11/c1-7-13-22-44(61(84)73-42-50(78)37-48(60(69)83)36-43-31-33-49(77)34-32-43)39-56(80)52(27-17-11-5)75-63(86)47(25-16-10-4)41-58(82)54(29-21-35-72-65(70)71)76-64(87)46(24-15-9-3)40-57(81)53(28-18-12-6)74-62(85)45(23-14-8-2)38-55(79)51(66)26-19-20-30-59(67)68/h31-34,44-48,51-54,77H,7-30,35-42,66H2,1-6H3,(H3,67,68)(H2,69,83)(H,73,84)(H,74,85)(H,75,86)(H,76,87)(H4,70,71,72)/t44-,45-,46-,47-,48-,51+,52+,53+,54+/m0/s1. The lowest BCUT2D eigenvalue weighted by molar-refractivity contribution is -0.136. The number of carbonyl (C=O) groups is 10. The van der Waals surface area contributed by atoms with Crippen LogP contribution in [0.1, 0.15) is 233 Å². The van der Waals surface area contributed by atoms with E-state index in [2.05, 4.69) is 26.3 Å². The van der Waals surface area contributed by atoms with Crippen LogP contribution in [0, 0.1) is 35.0 Å². The highest BCUT2D eigenvalue weighted by molar-refractivity contribution is 5.98. The van der Waals surface area contributed by atoms with Crippen LogP contribution in [0.25, 0.3) is 0 Å². The number of hydrogen-bond donors (Lipinski definition) is 11. The highest BCUT2D eigenvalue weighted by atomic mass is 16.3. The average Bonchev–Trinajstić information content (AvgIpc) is 3.37. The van der Waals surface area contributed by atoms with Gasteiger partial charge in [0.05, 0.1) is 36.5 Å². The molecular formula is C65H111N11O11. The van der Waals surface area contributed by atoms with Crippen LogP contribution in [0.5, 0.6) is 5.75 Å². The van der Waals surface area contributed by atoms with Crippen LogP contribution in [-0.2, 0) is 54.4 Å². The van der Waals surface area contributed by atoms with E-state index in [4.69, 9.17) is 34.1 Å². The molecule has 0 heterocycles. The van der Waals surface area contributed by atoms with Crippen LogP contribution < -0.4 is 49.9 Å². The van der Waals surface area contributed by atoms with Gasteiger partial charge in [-0.2, -0.15) is 0 Å². The molecule has 0 aromatic heterocycles. The fourth-order valence-corrected chi connectivity index (χ4v) is 10.5. The summed E-state index contributed by atoms with van der Waals surface area (Å²) in [6.07, 6.45) is 11.3. The van der Waals surface area contributed by atoms with E-state index >= 15 is 0 Å². The number of carbonyl (C=O) groups excluding carboxylic acids is 10. The van der Waals surface area contributed by atoms with Gasteiger partial charge in [-0.3, -0.25) is 58.3 Å². The highest BCUT2D eigenvalue weighted by Crippen LogP contribution is 2.24. The number of nitrogens with zero attached hydrogens (tertiary/aromatic N) is 1. The Kier molecular flexibility index (Phi) is 41.2. The molecule has 0 saturated carbocycles. The van der Waals surface area contributed by atoms with Gasteiger partial charge in [0.15, 0.2) is 29.1 Å². The fraction of sp³-hybridized carbons (Fsp3) is 0.723. The second kappa shape index (κ2) is 45.7. The van der Waals surface area contributed by atoms with Crippen molar-refractivity contribution in [1.82, 2.24) is 21.3 Å². The van der Waals surface area contributed by atoms with Gasteiger partial charge in [0, 0.05) is 74.7 Å². The lowest BCUT2D eigenvalue weighted by Gasteiger charge is -2.26. The van der Waals surface area contributed by atoms with Crippen molar-refractivity contribution in [3.8, 4) is 5.75 Å². The van der Waals surface area contributed by atoms with Gasteiger partial charge < -0.3 is 55.0 Å². The lowest BCUT2D eigenvalue weighted by atomic mass is 9.88. The molecule has 0 radical (unpaired) electrons. The largest absolute Gasteiger partial charge is 0.508 e. The Labute approximate surface area is 518 Å². The number of aliphatic imine (C=N–C) groups is 1. The van der Waals surface area contributed by atoms with Gasteiger partial charge in [-0.1, -0.05) is 137 Å². The predicted molar refractivity (Wildman–Crippen MR) is 341 cm³/mol. The van der Waals surface area contributed by atoms with Gasteiger partial charge in [0.1, 0.15) is 11.5 Å². The number of amides is 5. The Bertz CT molecular complexity index is 2330. The van der Waals surface area contributed by atoms with Crippen molar-refractivity contribution in [1.29, 1.82) is 5.41 Å². The van der Waals surface area contributed by atoms with Crippen molar-refractivity contribution >= 4 is 70.2 Å². The zero-order valence-corrected chi connectivity index (χ0v) is 53.5. The van der Waals surface area contributed by atoms with Crippen LogP contribution in [0.2, 0.25) is 0 Å². The number of nitrogens with two attached hydrogens (primary N) is 5. The van der Waals surface area contributed by atoms with Crippen molar-refractivity contribution < 1.29 is 53.1 Å². The number of unbranched alkanes of at least 4 members (excludes halogenated alkanes) is 7. The molecular weight excluding hydrogens is 1110 g/mol. The molecule has 9 atom stereocenters. The van der Waals surface area contributed by atoms with Gasteiger partial charge in [0.2, 0.25) is 29.5 Å². The molecule has 0 bridgehead atoms. The van der Waals surface area contributed by atoms with E-state index in [9.17, 15) is 53.1 Å². The van der Waals surface area contributed by atoms with Gasteiger partial charge in [-0.15, -0.1) is 0 Å². The molecule has 0 aliphatic rings. The van der Waals surface area contributed by atoms with Gasteiger partial charge in [-0.25, -0.2) is 0 Å². The molecule has 492 valence electrons. The second-order valence-corrected chi connectivity index (χ2v) is 23.8. The fourth-order valence-electron chi connectivity index (χ4n) is 10.5. The number of Topliss-reactive ketones (excluding diaryl/α,β-unsaturated/α-hetero) is 5. The van der Waals surface area contributed by atoms with E-state index in [-0.39, 0.29) is 106 Å². The first-order valence-electron chi connectivity index (χ1n) is 32.5. The summed E-state index contributed by atoms with van der Waals surface area (Å²) >= 11 is 0. The van der Waals surface area contributed by atoms with Crippen LogP contribution in [0.15, 0.2) is 29.3 Å². The van der Waals surface area contributed by atoms with Crippen molar-refractivity contribution in [3.63, 3.8) is 0 Å². The van der Waals surface area contributed by atoms with Crippen molar-refractivity contribution in [2.75, 3.05) is 13.1 Å². The molecule has 0 aliphatic heterocycles. The number of hydrogen-bond acceptors (Lipinski definition) is 14. The third-order valence-corrected chi connectivity index (χ3v) is 16.0. The zero-order valence-electron chi connectivity index (χ0n) is 53.5. The molecule has 0 aliphatic carbocycles.